The Bertz CT molecular complexity index is 662. The van der Waals surface area contributed by atoms with Crippen LogP contribution < -0.4 is 4.74 Å². The summed E-state index contributed by atoms with van der Waals surface area (Å²) in [7, 11) is 0. The van der Waals surface area contributed by atoms with E-state index < -0.39 is 11.6 Å². The molecule has 1 aromatic heterocycles. The summed E-state index contributed by atoms with van der Waals surface area (Å²) < 4.78 is 31.8. The van der Waals surface area contributed by atoms with E-state index in [4.69, 9.17) is 9.84 Å². The van der Waals surface area contributed by atoms with Gasteiger partial charge in [-0.2, -0.15) is 0 Å². The molecule has 0 atom stereocenters. The standard InChI is InChI=1S/C15H11F2NO2/c16-14-5-1-4-12(15(14)17)10-20-13-7-11(3-2-6-19)8-18-9-13/h1,4-5,7-9,19H,6,10H2. The molecule has 0 saturated heterocycles. The average molecular weight is 275 g/mol. The predicted molar refractivity (Wildman–Crippen MR) is 68.9 cm³/mol. The summed E-state index contributed by atoms with van der Waals surface area (Å²) in [5.41, 5.74) is 0.688. The molecule has 2 rings (SSSR count). The molecule has 0 fully saturated rings. The van der Waals surface area contributed by atoms with Gasteiger partial charge in [0.1, 0.15) is 19.0 Å². The third-order valence-corrected chi connectivity index (χ3v) is 2.45. The van der Waals surface area contributed by atoms with Crippen LogP contribution in [0.5, 0.6) is 5.75 Å². The Morgan fingerprint density at radius 2 is 2.10 bits per heavy atom. The average Bonchev–Trinajstić information content (AvgIpc) is 2.47. The normalized spacial score (nSPS) is 9.75. The van der Waals surface area contributed by atoms with Gasteiger partial charge in [0.2, 0.25) is 0 Å². The molecular weight excluding hydrogens is 264 g/mol. The van der Waals surface area contributed by atoms with Crippen molar-refractivity contribution in [2.45, 2.75) is 6.61 Å². The van der Waals surface area contributed by atoms with Crippen molar-refractivity contribution >= 4 is 0 Å². The van der Waals surface area contributed by atoms with Crippen LogP contribution in [0.1, 0.15) is 11.1 Å². The first kappa shape index (κ1) is 14.0. The fraction of sp³-hybridized carbons (Fsp3) is 0.133. The van der Waals surface area contributed by atoms with Crippen LogP contribution in [-0.4, -0.2) is 16.7 Å². The van der Waals surface area contributed by atoms with Crippen molar-refractivity contribution in [1.29, 1.82) is 0 Å². The van der Waals surface area contributed by atoms with Gasteiger partial charge in [-0.3, -0.25) is 4.98 Å². The lowest BCUT2D eigenvalue weighted by Crippen LogP contribution is -2.00. The molecule has 1 aromatic carbocycles. The van der Waals surface area contributed by atoms with Gasteiger partial charge in [0.05, 0.1) is 6.20 Å². The number of hydrogen-bond acceptors (Lipinski definition) is 3. The lowest BCUT2D eigenvalue weighted by atomic mass is 10.2. The monoisotopic (exact) mass is 275 g/mol. The molecule has 0 bridgehead atoms. The molecule has 0 spiro atoms. The maximum absolute atomic E-state index is 13.4. The predicted octanol–water partition coefficient (Wildman–Crippen LogP) is 2.28. The van der Waals surface area contributed by atoms with Crippen molar-refractivity contribution in [3.63, 3.8) is 0 Å². The molecule has 1 heterocycles. The molecule has 20 heavy (non-hydrogen) atoms. The molecule has 0 aliphatic heterocycles. The highest BCUT2D eigenvalue weighted by Gasteiger charge is 2.08. The van der Waals surface area contributed by atoms with Crippen molar-refractivity contribution in [3.8, 4) is 17.6 Å². The van der Waals surface area contributed by atoms with Gasteiger partial charge in [0.15, 0.2) is 11.6 Å². The first-order valence-corrected chi connectivity index (χ1v) is 5.81. The Balaban J connectivity index is 2.09. The molecule has 102 valence electrons. The number of pyridine rings is 1. The fourth-order valence-corrected chi connectivity index (χ4v) is 1.53. The topological polar surface area (TPSA) is 42.4 Å². The molecule has 0 aliphatic carbocycles. The number of nitrogens with zero attached hydrogens (tertiary/aromatic N) is 1. The number of aliphatic hydroxyl groups excluding tert-OH is 1. The van der Waals surface area contributed by atoms with Crippen LogP contribution in [0.4, 0.5) is 8.78 Å². The SMILES string of the molecule is OCC#Cc1cncc(OCc2cccc(F)c2F)c1. The second kappa shape index (κ2) is 6.64. The second-order valence-electron chi connectivity index (χ2n) is 3.87. The lowest BCUT2D eigenvalue weighted by molar-refractivity contribution is 0.296. The van der Waals surface area contributed by atoms with Crippen molar-refractivity contribution < 1.29 is 18.6 Å². The number of rotatable bonds is 3. The Kier molecular flexibility index (Phi) is 4.64. The van der Waals surface area contributed by atoms with E-state index in [0.29, 0.717) is 11.3 Å². The molecule has 2 aromatic rings. The Morgan fingerprint density at radius 1 is 1.25 bits per heavy atom. The third-order valence-electron chi connectivity index (χ3n) is 2.45. The molecule has 5 heteroatoms. The molecular formula is C15H11F2NO2. The summed E-state index contributed by atoms with van der Waals surface area (Å²) in [6.45, 7) is -0.359. The number of hydrogen-bond donors (Lipinski definition) is 1. The van der Waals surface area contributed by atoms with Crippen LogP contribution in [0, 0.1) is 23.5 Å². The number of halogens is 2. The third kappa shape index (κ3) is 3.53. The Morgan fingerprint density at radius 3 is 2.90 bits per heavy atom. The van der Waals surface area contributed by atoms with Gasteiger partial charge in [-0.25, -0.2) is 8.78 Å². The van der Waals surface area contributed by atoms with Crippen molar-refractivity contribution in [1.82, 2.24) is 4.98 Å². The number of benzene rings is 1. The summed E-state index contributed by atoms with van der Waals surface area (Å²) in [6.07, 6.45) is 2.96. The van der Waals surface area contributed by atoms with E-state index in [-0.39, 0.29) is 18.8 Å². The molecule has 0 radical (unpaired) electrons. The number of aromatic nitrogens is 1. The first-order chi connectivity index (χ1) is 9.70. The molecule has 3 nitrogen and oxygen atoms in total. The maximum Gasteiger partial charge on any atom is 0.165 e. The van der Waals surface area contributed by atoms with E-state index >= 15 is 0 Å². The Labute approximate surface area is 114 Å². The largest absolute Gasteiger partial charge is 0.487 e. The molecule has 0 unspecified atom stereocenters. The highest BCUT2D eigenvalue weighted by Crippen LogP contribution is 2.16. The number of ether oxygens (including phenoxy) is 1. The lowest BCUT2D eigenvalue weighted by Gasteiger charge is -2.07. The van der Waals surface area contributed by atoms with Crippen molar-refractivity contribution in [2.75, 3.05) is 6.61 Å². The zero-order chi connectivity index (χ0) is 14.4. The van der Waals surface area contributed by atoms with Crippen LogP contribution >= 0.6 is 0 Å². The van der Waals surface area contributed by atoms with E-state index in [0.717, 1.165) is 6.07 Å². The maximum atomic E-state index is 13.4. The zero-order valence-corrected chi connectivity index (χ0v) is 10.4. The van der Waals surface area contributed by atoms with Gasteiger partial charge in [-0.15, -0.1) is 0 Å². The zero-order valence-electron chi connectivity index (χ0n) is 10.4. The van der Waals surface area contributed by atoms with Crippen LogP contribution in [0.2, 0.25) is 0 Å². The van der Waals surface area contributed by atoms with E-state index in [9.17, 15) is 8.78 Å². The second-order valence-corrected chi connectivity index (χ2v) is 3.87. The summed E-state index contributed by atoms with van der Waals surface area (Å²) in [6, 6.07) is 5.51. The van der Waals surface area contributed by atoms with Gasteiger partial charge in [0.25, 0.3) is 0 Å². The van der Waals surface area contributed by atoms with Gasteiger partial charge in [-0.1, -0.05) is 24.0 Å². The molecule has 0 aliphatic rings. The van der Waals surface area contributed by atoms with E-state index in [1.54, 1.807) is 6.07 Å². The van der Waals surface area contributed by atoms with Gasteiger partial charge in [-0.05, 0) is 12.1 Å². The minimum Gasteiger partial charge on any atom is -0.487 e. The van der Waals surface area contributed by atoms with Crippen LogP contribution in [-0.2, 0) is 6.61 Å². The summed E-state index contributed by atoms with van der Waals surface area (Å²) in [4.78, 5) is 3.91. The molecule has 0 saturated carbocycles. The minimum absolute atomic E-state index is 0.109. The van der Waals surface area contributed by atoms with Crippen LogP contribution in [0.3, 0.4) is 0 Å². The van der Waals surface area contributed by atoms with Gasteiger partial charge < -0.3 is 9.84 Å². The highest BCUT2D eigenvalue weighted by atomic mass is 19.2. The smallest absolute Gasteiger partial charge is 0.165 e. The Hall–Kier alpha value is -2.45. The number of aliphatic hydroxyl groups is 1. The molecule has 0 amide bonds. The minimum atomic E-state index is -0.920. The van der Waals surface area contributed by atoms with Crippen molar-refractivity contribution in [2.24, 2.45) is 0 Å². The van der Waals surface area contributed by atoms with Gasteiger partial charge in [0, 0.05) is 17.3 Å². The highest BCUT2D eigenvalue weighted by molar-refractivity contribution is 5.36. The van der Waals surface area contributed by atoms with Crippen molar-refractivity contribution in [3.05, 3.63) is 59.4 Å². The quantitative estimate of drug-likeness (QED) is 0.874. The summed E-state index contributed by atoms with van der Waals surface area (Å²) >= 11 is 0. The van der Waals surface area contributed by atoms with Gasteiger partial charge >= 0.3 is 0 Å². The van der Waals surface area contributed by atoms with Crippen LogP contribution in [0.15, 0.2) is 36.7 Å². The summed E-state index contributed by atoms with van der Waals surface area (Å²) in [5, 5.41) is 8.60. The van der Waals surface area contributed by atoms with E-state index in [1.165, 1.54) is 24.5 Å². The fourth-order valence-electron chi connectivity index (χ4n) is 1.53. The summed E-state index contributed by atoms with van der Waals surface area (Å²) in [5.74, 6) is 3.72. The van der Waals surface area contributed by atoms with E-state index in [1.807, 2.05) is 0 Å². The first-order valence-electron chi connectivity index (χ1n) is 5.81. The van der Waals surface area contributed by atoms with Crippen LogP contribution in [0.25, 0.3) is 0 Å². The van der Waals surface area contributed by atoms with E-state index in [2.05, 4.69) is 16.8 Å². The molecule has 1 N–H and O–H groups in total.